The first-order valence-electron chi connectivity index (χ1n) is 6.76. The number of rotatable bonds is 3. The second-order valence-corrected chi connectivity index (χ2v) is 6.84. The third-order valence-corrected chi connectivity index (χ3v) is 4.51. The van der Waals surface area contributed by atoms with Crippen LogP contribution in [0.4, 0.5) is 13.2 Å². The zero-order chi connectivity index (χ0) is 14.9. The Labute approximate surface area is 112 Å². The Balaban J connectivity index is 2.70. The molecule has 1 rings (SSSR count). The maximum Gasteiger partial charge on any atom is 0.389 e. The van der Waals surface area contributed by atoms with Crippen LogP contribution >= 0.6 is 0 Å². The van der Waals surface area contributed by atoms with Gasteiger partial charge in [-0.05, 0) is 43.4 Å². The van der Waals surface area contributed by atoms with Crippen molar-refractivity contribution >= 4 is 5.97 Å². The molecule has 0 radical (unpaired) electrons. The molecular weight excluding hydrogens is 257 g/mol. The van der Waals surface area contributed by atoms with E-state index >= 15 is 0 Å². The summed E-state index contributed by atoms with van der Waals surface area (Å²) in [7, 11) is 0. The molecule has 0 aromatic carbocycles. The van der Waals surface area contributed by atoms with Gasteiger partial charge >= 0.3 is 12.1 Å². The van der Waals surface area contributed by atoms with Gasteiger partial charge in [0, 0.05) is 6.42 Å². The van der Waals surface area contributed by atoms with Crippen molar-refractivity contribution in [2.75, 3.05) is 0 Å². The van der Waals surface area contributed by atoms with E-state index < -0.39 is 24.0 Å². The molecule has 112 valence electrons. The Hall–Kier alpha value is -0.740. The summed E-state index contributed by atoms with van der Waals surface area (Å²) in [5.41, 5.74) is -1.08. The highest BCUT2D eigenvalue weighted by atomic mass is 19.4. The van der Waals surface area contributed by atoms with Crippen LogP contribution in [0.2, 0.25) is 0 Å². The lowest BCUT2D eigenvalue weighted by Crippen LogP contribution is -2.39. The number of aliphatic carboxylic acids is 1. The van der Waals surface area contributed by atoms with Gasteiger partial charge in [-0.3, -0.25) is 4.79 Å². The maximum absolute atomic E-state index is 12.3. The van der Waals surface area contributed by atoms with Crippen LogP contribution in [0, 0.1) is 16.7 Å². The average molecular weight is 280 g/mol. The van der Waals surface area contributed by atoms with Gasteiger partial charge in [-0.25, -0.2) is 0 Å². The number of carbonyl (C=O) groups is 1. The lowest BCUT2D eigenvalue weighted by molar-refractivity contribution is -0.162. The van der Waals surface area contributed by atoms with Gasteiger partial charge in [0.25, 0.3) is 0 Å². The van der Waals surface area contributed by atoms with Gasteiger partial charge < -0.3 is 5.11 Å². The molecule has 0 spiro atoms. The summed E-state index contributed by atoms with van der Waals surface area (Å²) in [6.45, 7) is 6.30. The van der Waals surface area contributed by atoms with Gasteiger partial charge in [0.15, 0.2) is 0 Å². The van der Waals surface area contributed by atoms with Crippen LogP contribution in [0.5, 0.6) is 0 Å². The smallest absolute Gasteiger partial charge is 0.389 e. The minimum Gasteiger partial charge on any atom is -0.481 e. The molecule has 1 saturated carbocycles. The SMILES string of the molecule is CC(C)(C)C1CCC(CCC(F)(F)F)(C(=O)O)CC1. The molecule has 0 unspecified atom stereocenters. The van der Waals surface area contributed by atoms with Crippen LogP contribution in [-0.2, 0) is 4.79 Å². The van der Waals surface area contributed by atoms with E-state index in [-0.39, 0.29) is 11.8 Å². The van der Waals surface area contributed by atoms with E-state index in [9.17, 15) is 23.1 Å². The van der Waals surface area contributed by atoms with E-state index in [4.69, 9.17) is 0 Å². The molecular formula is C14H23F3O2. The summed E-state index contributed by atoms with van der Waals surface area (Å²) in [5.74, 6) is -0.671. The zero-order valence-electron chi connectivity index (χ0n) is 11.8. The molecule has 0 heterocycles. The molecule has 0 atom stereocenters. The molecule has 2 nitrogen and oxygen atoms in total. The molecule has 1 N–H and O–H groups in total. The van der Waals surface area contributed by atoms with Crippen LogP contribution in [-0.4, -0.2) is 17.3 Å². The Morgan fingerprint density at radius 2 is 1.68 bits per heavy atom. The van der Waals surface area contributed by atoms with Gasteiger partial charge in [0.1, 0.15) is 0 Å². The molecule has 0 saturated heterocycles. The van der Waals surface area contributed by atoms with Gasteiger partial charge in [-0.15, -0.1) is 0 Å². The summed E-state index contributed by atoms with van der Waals surface area (Å²) in [4.78, 5) is 11.4. The van der Waals surface area contributed by atoms with Crippen LogP contribution in [0.15, 0.2) is 0 Å². The molecule has 0 aliphatic heterocycles. The number of carboxylic acid groups (broad SMARTS) is 1. The van der Waals surface area contributed by atoms with E-state index in [1.807, 2.05) is 0 Å². The molecule has 5 heteroatoms. The Bertz CT molecular complexity index is 321. The van der Waals surface area contributed by atoms with E-state index in [1.54, 1.807) is 0 Å². The van der Waals surface area contributed by atoms with Gasteiger partial charge in [0.05, 0.1) is 5.41 Å². The molecule has 1 fully saturated rings. The standard InChI is InChI=1S/C14H23F3O2/c1-12(2,3)10-4-6-13(7-5-10,11(18)19)8-9-14(15,16)17/h10H,4-9H2,1-3H3,(H,18,19). The van der Waals surface area contributed by atoms with Crippen molar-refractivity contribution in [3.8, 4) is 0 Å². The summed E-state index contributed by atoms with van der Waals surface area (Å²) in [6.07, 6.45) is -3.44. The molecule has 0 aromatic rings. The summed E-state index contributed by atoms with van der Waals surface area (Å²) >= 11 is 0. The summed E-state index contributed by atoms with van der Waals surface area (Å²) in [5, 5.41) is 9.31. The van der Waals surface area contributed by atoms with Crippen molar-refractivity contribution in [1.29, 1.82) is 0 Å². The quantitative estimate of drug-likeness (QED) is 0.818. The highest BCUT2D eigenvalue weighted by molar-refractivity contribution is 5.74. The van der Waals surface area contributed by atoms with Crippen molar-refractivity contribution in [1.82, 2.24) is 0 Å². The van der Waals surface area contributed by atoms with Crippen molar-refractivity contribution in [3.05, 3.63) is 0 Å². The topological polar surface area (TPSA) is 37.3 Å². The van der Waals surface area contributed by atoms with E-state index in [2.05, 4.69) is 20.8 Å². The lowest BCUT2D eigenvalue weighted by atomic mass is 9.62. The van der Waals surface area contributed by atoms with Crippen LogP contribution in [0.25, 0.3) is 0 Å². The van der Waals surface area contributed by atoms with Gasteiger partial charge in [0.2, 0.25) is 0 Å². The highest BCUT2D eigenvalue weighted by Gasteiger charge is 2.45. The normalized spacial score (nSPS) is 29.3. The fraction of sp³-hybridized carbons (Fsp3) is 0.929. The predicted molar refractivity (Wildman–Crippen MR) is 66.8 cm³/mol. The number of halogens is 3. The highest BCUT2D eigenvalue weighted by Crippen LogP contribution is 2.48. The second kappa shape index (κ2) is 5.33. The predicted octanol–water partition coefficient (Wildman–Crippen LogP) is 4.64. The van der Waals surface area contributed by atoms with Gasteiger partial charge in [-0.1, -0.05) is 20.8 Å². The first kappa shape index (κ1) is 16.3. The molecule has 1 aliphatic rings. The third-order valence-electron chi connectivity index (χ3n) is 4.51. The summed E-state index contributed by atoms with van der Waals surface area (Å²) < 4.78 is 37.0. The van der Waals surface area contributed by atoms with Crippen molar-refractivity contribution in [2.45, 2.75) is 65.5 Å². The van der Waals surface area contributed by atoms with Crippen LogP contribution in [0.3, 0.4) is 0 Å². The maximum atomic E-state index is 12.3. The zero-order valence-corrected chi connectivity index (χ0v) is 11.8. The summed E-state index contributed by atoms with van der Waals surface area (Å²) in [6, 6.07) is 0. The second-order valence-electron chi connectivity index (χ2n) is 6.84. The molecule has 0 amide bonds. The van der Waals surface area contributed by atoms with Crippen molar-refractivity contribution in [2.24, 2.45) is 16.7 Å². The van der Waals surface area contributed by atoms with Crippen molar-refractivity contribution < 1.29 is 23.1 Å². The largest absolute Gasteiger partial charge is 0.481 e. The molecule has 0 aromatic heterocycles. The molecule has 19 heavy (non-hydrogen) atoms. The van der Waals surface area contributed by atoms with Crippen molar-refractivity contribution in [3.63, 3.8) is 0 Å². The van der Waals surface area contributed by atoms with Crippen LogP contribution in [0.1, 0.15) is 59.3 Å². The Kier molecular flexibility index (Phi) is 4.58. The molecule has 0 bridgehead atoms. The minimum atomic E-state index is -4.27. The van der Waals surface area contributed by atoms with E-state index in [0.717, 1.165) is 0 Å². The molecule has 1 aliphatic carbocycles. The van der Waals surface area contributed by atoms with Crippen LogP contribution < -0.4 is 0 Å². The Morgan fingerprint density at radius 1 is 1.21 bits per heavy atom. The first-order chi connectivity index (χ1) is 8.46. The third kappa shape index (κ3) is 4.39. The average Bonchev–Trinajstić information content (AvgIpc) is 2.24. The minimum absolute atomic E-state index is 0.0920. The van der Waals surface area contributed by atoms with E-state index in [0.29, 0.717) is 31.6 Å². The monoisotopic (exact) mass is 280 g/mol. The number of hydrogen-bond donors (Lipinski definition) is 1. The number of alkyl halides is 3. The first-order valence-corrected chi connectivity index (χ1v) is 6.76. The fourth-order valence-corrected chi connectivity index (χ4v) is 2.99. The lowest BCUT2D eigenvalue weighted by Gasteiger charge is -2.42. The fourth-order valence-electron chi connectivity index (χ4n) is 2.99. The number of hydrogen-bond acceptors (Lipinski definition) is 1. The Morgan fingerprint density at radius 3 is 2.00 bits per heavy atom. The van der Waals surface area contributed by atoms with Gasteiger partial charge in [-0.2, -0.15) is 13.2 Å². The number of carboxylic acids is 1. The van der Waals surface area contributed by atoms with E-state index in [1.165, 1.54) is 0 Å².